The van der Waals surface area contributed by atoms with Crippen molar-refractivity contribution in [1.82, 2.24) is 10.2 Å². The number of benzene rings is 2. The lowest BCUT2D eigenvalue weighted by molar-refractivity contribution is -0.124. The molecular formula is C19H19F2N3O2. The molecular weight excluding hydrogens is 340 g/mol. The number of anilines is 1. The fraction of sp³-hybridized carbons (Fsp3) is 0.263. The van der Waals surface area contributed by atoms with Gasteiger partial charge in [-0.05, 0) is 31.0 Å². The van der Waals surface area contributed by atoms with Crippen LogP contribution in [0.1, 0.15) is 18.4 Å². The standard InChI is InChI=1S/C19H19F2N3O2/c20-14-7-2-1-6-13(14)12-22-18(25)17-10-5-11-24(17)19(26)23-16-9-4-3-8-15(16)21/h1-4,6-9,17H,5,10-12H2,(H,22,25)(H,23,26). The second-order valence-corrected chi connectivity index (χ2v) is 6.07. The van der Waals surface area contributed by atoms with Crippen molar-refractivity contribution in [3.8, 4) is 0 Å². The molecule has 7 heteroatoms. The number of nitrogens with one attached hydrogen (secondary N) is 2. The number of rotatable bonds is 4. The molecule has 1 aliphatic rings. The molecule has 1 unspecified atom stereocenters. The average molecular weight is 359 g/mol. The van der Waals surface area contributed by atoms with Gasteiger partial charge in [-0.25, -0.2) is 13.6 Å². The van der Waals surface area contributed by atoms with Crippen LogP contribution < -0.4 is 10.6 Å². The van der Waals surface area contributed by atoms with Crippen molar-refractivity contribution in [2.45, 2.75) is 25.4 Å². The Hall–Kier alpha value is -2.96. The first kappa shape index (κ1) is 17.8. The second kappa shape index (κ2) is 7.95. The average Bonchev–Trinajstić information content (AvgIpc) is 3.13. The number of hydrogen-bond donors (Lipinski definition) is 2. The molecule has 1 atom stereocenters. The van der Waals surface area contributed by atoms with E-state index in [0.717, 1.165) is 0 Å². The lowest BCUT2D eigenvalue weighted by Gasteiger charge is -2.24. The number of carbonyl (C=O) groups excluding carboxylic acids is 2. The van der Waals surface area contributed by atoms with E-state index in [-0.39, 0.29) is 18.1 Å². The van der Waals surface area contributed by atoms with Gasteiger partial charge in [-0.2, -0.15) is 0 Å². The number of amides is 3. The number of para-hydroxylation sites is 1. The summed E-state index contributed by atoms with van der Waals surface area (Å²) in [7, 11) is 0. The van der Waals surface area contributed by atoms with Gasteiger partial charge < -0.3 is 15.5 Å². The molecule has 2 aromatic rings. The Morgan fingerprint density at radius 1 is 1.04 bits per heavy atom. The van der Waals surface area contributed by atoms with E-state index in [4.69, 9.17) is 0 Å². The van der Waals surface area contributed by atoms with Crippen LogP contribution in [0.5, 0.6) is 0 Å². The number of carbonyl (C=O) groups is 2. The first-order valence-corrected chi connectivity index (χ1v) is 8.39. The van der Waals surface area contributed by atoms with E-state index >= 15 is 0 Å². The Morgan fingerprint density at radius 3 is 2.46 bits per heavy atom. The summed E-state index contributed by atoms with van der Waals surface area (Å²) in [4.78, 5) is 26.2. The van der Waals surface area contributed by atoms with E-state index in [0.29, 0.717) is 24.9 Å². The summed E-state index contributed by atoms with van der Waals surface area (Å²) in [6.45, 7) is 0.447. The van der Waals surface area contributed by atoms with E-state index in [9.17, 15) is 18.4 Å². The number of halogens is 2. The Kier molecular flexibility index (Phi) is 5.46. The Bertz CT molecular complexity index is 813. The van der Waals surface area contributed by atoms with Crippen LogP contribution in [0, 0.1) is 11.6 Å². The summed E-state index contributed by atoms with van der Waals surface area (Å²) in [6.07, 6.45) is 1.18. The van der Waals surface area contributed by atoms with Gasteiger partial charge in [0.1, 0.15) is 17.7 Å². The molecule has 0 aliphatic carbocycles. The maximum Gasteiger partial charge on any atom is 0.322 e. The summed E-state index contributed by atoms with van der Waals surface area (Å²) in [5.74, 6) is -1.29. The van der Waals surface area contributed by atoms with Gasteiger partial charge in [-0.3, -0.25) is 4.79 Å². The topological polar surface area (TPSA) is 61.4 Å². The highest BCUT2D eigenvalue weighted by atomic mass is 19.1. The van der Waals surface area contributed by atoms with Crippen LogP contribution in [-0.4, -0.2) is 29.4 Å². The van der Waals surface area contributed by atoms with Gasteiger partial charge >= 0.3 is 6.03 Å². The van der Waals surface area contributed by atoms with Gasteiger partial charge in [0, 0.05) is 18.7 Å². The van der Waals surface area contributed by atoms with Crippen molar-refractivity contribution in [2.24, 2.45) is 0 Å². The molecule has 1 saturated heterocycles. The normalized spacial score (nSPS) is 16.4. The molecule has 0 spiro atoms. The Morgan fingerprint density at radius 2 is 1.73 bits per heavy atom. The van der Waals surface area contributed by atoms with E-state index in [1.165, 1.54) is 29.2 Å². The smallest absolute Gasteiger partial charge is 0.322 e. The van der Waals surface area contributed by atoms with Crippen molar-refractivity contribution in [3.05, 3.63) is 65.7 Å². The molecule has 26 heavy (non-hydrogen) atoms. The van der Waals surface area contributed by atoms with Gasteiger partial charge in [-0.1, -0.05) is 30.3 Å². The van der Waals surface area contributed by atoms with Crippen LogP contribution in [0.2, 0.25) is 0 Å². The number of nitrogens with zero attached hydrogens (tertiary/aromatic N) is 1. The lowest BCUT2D eigenvalue weighted by Crippen LogP contribution is -2.47. The minimum absolute atomic E-state index is 0.0464. The molecule has 3 amide bonds. The molecule has 1 fully saturated rings. The van der Waals surface area contributed by atoms with Crippen molar-refractivity contribution in [2.75, 3.05) is 11.9 Å². The SMILES string of the molecule is O=C(NCc1ccccc1F)C1CCCN1C(=O)Nc1ccccc1F. The first-order chi connectivity index (χ1) is 12.6. The molecule has 0 saturated carbocycles. The highest BCUT2D eigenvalue weighted by Crippen LogP contribution is 2.20. The van der Waals surface area contributed by atoms with Gasteiger partial charge in [0.25, 0.3) is 0 Å². The summed E-state index contributed by atoms with van der Waals surface area (Å²) < 4.78 is 27.3. The fourth-order valence-electron chi connectivity index (χ4n) is 2.97. The van der Waals surface area contributed by atoms with Gasteiger partial charge in [0.15, 0.2) is 0 Å². The molecule has 1 heterocycles. The highest BCUT2D eigenvalue weighted by Gasteiger charge is 2.34. The first-order valence-electron chi connectivity index (χ1n) is 8.39. The van der Waals surface area contributed by atoms with Crippen molar-refractivity contribution in [1.29, 1.82) is 0 Å². The molecule has 5 nitrogen and oxygen atoms in total. The van der Waals surface area contributed by atoms with Crippen LogP contribution >= 0.6 is 0 Å². The van der Waals surface area contributed by atoms with E-state index in [2.05, 4.69) is 10.6 Å². The minimum Gasteiger partial charge on any atom is -0.350 e. The van der Waals surface area contributed by atoms with Crippen molar-refractivity contribution >= 4 is 17.6 Å². The number of likely N-dealkylation sites (tertiary alicyclic amines) is 1. The van der Waals surface area contributed by atoms with E-state index in [1.54, 1.807) is 24.3 Å². The van der Waals surface area contributed by atoms with Crippen LogP contribution in [0.3, 0.4) is 0 Å². The minimum atomic E-state index is -0.659. The summed E-state index contributed by atoms with van der Waals surface area (Å²) >= 11 is 0. The van der Waals surface area contributed by atoms with Crippen molar-refractivity contribution < 1.29 is 18.4 Å². The largest absolute Gasteiger partial charge is 0.350 e. The molecule has 2 aromatic carbocycles. The Balaban J connectivity index is 1.62. The maximum atomic E-state index is 13.7. The number of urea groups is 1. The zero-order valence-electron chi connectivity index (χ0n) is 14.0. The van der Waals surface area contributed by atoms with E-state index in [1.807, 2.05) is 0 Å². The Labute approximate surface area is 150 Å². The summed E-state index contributed by atoms with van der Waals surface area (Å²) in [5, 5.41) is 5.16. The highest BCUT2D eigenvalue weighted by molar-refractivity contribution is 5.94. The molecule has 1 aliphatic heterocycles. The third-order valence-electron chi connectivity index (χ3n) is 4.34. The van der Waals surface area contributed by atoms with Gasteiger partial charge in [0.2, 0.25) is 5.91 Å². The van der Waals surface area contributed by atoms with Crippen LogP contribution in [0.4, 0.5) is 19.3 Å². The zero-order chi connectivity index (χ0) is 18.5. The van der Waals surface area contributed by atoms with E-state index < -0.39 is 23.7 Å². The second-order valence-electron chi connectivity index (χ2n) is 6.07. The molecule has 3 rings (SSSR count). The number of hydrogen-bond acceptors (Lipinski definition) is 2. The van der Waals surface area contributed by atoms with Gasteiger partial charge in [0.05, 0.1) is 5.69 Å². The predicted octanol–water partition coefficient (Wildman–Crippen LogP) is 3.28. The maximum absolute atomic E-state index is 13.7. The molecule has 2 N–H and O–H groups in total. The predicted molar refractivity (Wildman–Crippen MR) is 93.4 cm³/mol. The lowest BCUT2D eigenvalue weighted by atomic mass is 10.2. The van der Waals surface area contributed by atoms with Crippen LogP contribution in [0.15, 0.2) is 48.5 Å². The fourth-order valence-corrected chi connectivity index (χ4v) is 2.97. The molecule has 136 valence electrons. The van der Waals surface area contributed by atoms with Crippen LogP contribution in [-0.2, 0) is 11.3 Å². The summed E-state index contributed by atoms with van der Waals surface area (Å²) in [6, 6.07) is 10.8. The molecule has 0 radical (unpaired) electrons. The zero-order valence-corrected chi connectivity index (χ0v) is 14.0. The quantitative estimate of drug-likeness (QED) is 0.880. The third kappa shape index (κ3) is 3.99. The monoisotopic (exact) mass is 359 g/mol. The molecule has 0 bridgehead atoms. The molecule has 0 aromatic heterocycles. The van der Waals surface area contributed by atoms with Crippen LogP contribution in [0.25, 0.3) is 0 Å². The summed E-state index contributed by atoms with van der Waals surface area (Å²) in [5.41, 5.74) is 0.441. The van der Waals surface area contributed by atoms with Gasteiger partial charge in [-0.15, -0.1) is 0 Å². The third-order valence-corrected chi connectivity index (χ3v) is 4.34. The van der Waals surface area contributed by atoms with Crippen molar-refractivity contribution in [3.63, 3.8) is 0 Å².